The molecule has 0 radical (unpaired) electrons. The second kappa shape index (κ2) is 9.35. The van der Waals surface area contributed by atoms with E-state index in [0.717, 1.165) is 17.7 Å². The molecule has 5 heteroatoms. The van der Waals surface area contributed by atoms with Gasteiger partial charge in [0.1, 0.15) is 0 Å². The Kier molecular flexibility index (Phi) is 6.83. The van der Waals surface area contributed by atoms with E-state index in [-0.39, 0.29) is 5.91 Å². The van der Waals surface area contributed by atoms with Crippen molar-refractivity contribution in [3.8, 4) is 11.5 Å². The summed E-state index contributed by atoms with van der Waals surface area (Å²) in [6.45, 7) is 5.17. The Bertz CT molecular complexity index is 684. The molecule has 1 N–H and O–H groups in total. The fourth-order valence-electron chi connectivity index (χ4n) is 2.02. The zero-order chi connectivity index (χ0) is 17.2. The molecule has 0 aliphatic heterocycles. The normalized spacial score (nSPS) is 10.6. The molecule has 24 heavy (non-hydrogen) atoms. The van der Waals surface area contributed by atoms with Crippen molar-refractivity contribution >= 4 is 17.7 Å². The van der Waals surface area contributed by atoms with Gasteiger partial charge in [-0.1, -0.05) is 13.0 Å². The Hall–Kier alpha value is -2.82. The van der Waals surface area contributed by atoms with Gasteiger partial charge in [-0.2, -0.15) is 0 Å². The summed E-state index contributed by atoms with van der Waals surface area (Å²) in [5.74, 6) is 1.18. The van der Waals surface area contributed by atoms with E-state index in [2.05, 4.69) is 17.2 Å². The lowest BCUT2D eigenvalue weighted by Gasteiger charge is -2.12. The Morgan fingerprint density at radius 3 is 2.79 bits per heavy atom. The predicted octanol–water partition coefficient (Wildman–Crippen LogP) is 3.92. The molecule has 0 spiro atoms. The van der Waals surface area contributed by atoms with Crippen LogP contribution in [0, 0.1) is 0 Å². The molecule has 2 aromatic rings. The topological polar surface area (TPSA) is 60.5 Å². The smallest absolute Gasteiger partial charge is 0.248 e. The van der Waals surface area contributed by atoms with Gasteiger partial charge in [0.05, 0.1) is 25.1 Å². The van der Waals surface area contributed by atoms with Crippen LogP contribution in [0.5, 0.6) is 11.5 Å². The van der Waals surface area contributed by atoms with E-state index >= 15 is 0 Å². The Morgan fingerprint density at radius 1 is 1.21 bits per heavy atom. The van der Waals surface area contributed by atoms with Gasteiger partial charge < -0.3 is 14.8 Å². The molecule has 1 aromatic heterocycles. The van der Waals surface area contributed by atoms with Crippen LogP contribution in [0.1, 0.15) is 25.8 Å². The number of pyridine rings is 1. The van der Waals surface area contributed by atoms with Crippen molar-refractivity contribution in [1.29, 1.82) is 0 Å². The van der Waals surface area contributed by atoms with E-state index in [1.807, 2.05) is 25.1 Å². The van der Waals surface area contributed by atoms with Gasteiger partial charge >= 0.3 is 0 Å². The van der Waals surface area contributed by atoms with E-state index in [9.17, 15) is 4.79 Å². The first-order valence-electron chi connectivity index (χ1n) is 8.01. The minimum atomic E-state index is -0.215. The molecule has 0 saturated carbocycles. The van der Waals surface area contributed by atoms with E-state index in [1.54, 1.807) is 30.6 Å². The molecular weight excluding hydrogens is 304 g/mol. The van der Waals surface area contributed by atoms with E-state index < -0.39 is 0 Å². The van der Waals surface area contributed by atoms with Gasteiger partial charge in [0.25, 0.3) is 0 Å². The number of nitrogens with zero attached hydrogens (tertiary/aromatic N) is 1. The molecular formula is C19H22N2O3. The van der Waals surface area contributed by atoms with Gasteiger partial charge in [0.2, 0.25) is 5.91 Å². The number of anilines is 1. The van der Waals surface area contributed by atoms with Crippen molar-refractivity contribution in [2.75, 3.05) is 18.5 Å². The molecule has 0 aliphatic rings. The zero-order valence-electron chi connectivity index (χ0n) is 14.0. The summed E-state index contributed by atoms with van der Waals surface area (Å²) in [6.07, 6.45) is 7.39. The second-order valence-electron chi connectivity index (χ2n) is 5.05. The largest absolute Gasteiger partial charge is 0.490 e. The number of aromatic nitrogens is 1. The maximum atomic E-state index is 11.9. The fraction of sp³-hybridized carbons (Fsp3) is 0.263. The maximum absolute atomic E-state index is 11.9. The summed E-state index contributed by atoms with van der Waals surface area (Å²) in [5.41, 5.74) is 1.52. The average Bonchev–Trinajstić information content (AvgIpc) is 2.60. The molecule has 2 rings (SSSR count). The standard InChI is InChI=1S/C19H22N2O3/c1-3-12-24-17-9-7-15(13-18(17)23-4-2)8-10-19(22)21-16-6-5-11-20-14-16/h5-11,13-14H,3-4,12H2,1-2H3,(H,21,22)/b10-8+. The number of ether oxygens (including phenoxy) is 2. The van der Waals surface area contributed by atoms with Crippen molar-refractivity contribution < 1.29 is 14.3 Å². The Labute approximate surface area is 142 Å². The molecule has 1 amide bonds. The van der Waals surface area contributed by atoms with Crippen LogP contribution >= 0.6 is 0 Å². The Balaban J connectivity index is 2.05. The van der Waals surface area contributed by atoms with Crippen LogP contribution in [0.4, 0.5) is 5.69 Å². The van der Waals surface area contributed by atoms with Crippen molar-refractivity contribution in [3.63, 3.8) is 0 Å². The fourth-order valence-corrected chi connectivity index (χ4v) is 2.02. The van der Waals surface area contributed by atoms with Crippen molar-refractivity contribution in [3.05, 3.63) is 54.4 Å². The molecule has 0 fully saturated rings. The zero-order valence-corrected chi connectivity index (χ0v) is 14.0. The highest BCUT2D eigenvalue weighted by molar-refractivity contribution is 6.01. The molecule has 1 heterocycles. The van der Waals surface area contributed by atoms with Crippen molar-refractivity contribution in [2.45, 2.75) is 20.3 Å². The number of nitrogens with one attached hydrogen (secondary N) is 1. The minimum absolute atomic E-state index is 0.215. The first-order chi connectivity index (χ1) is 11.7. The number of rotatable bonds is 8. The van der Waals surface area contributed by atoms with Crippen molar-refractivity contribution in [1.82, 2.24) is 4.98 Å². The summed E-state index contributed by atoms with van der Waals surface area (Å²) in [6, 6.07) is 9.16. The molecule has 126 valence electrons. The lowest BCUT2D eigenvalue weighted by Crippen LogP contribution is -2.07. The highest BCUT2D eigenvalue weighted by Crippen LogP contribution is 2.29. The first kappa shape index (κ1) is 17.5. The number of carbonyl (C=O) groups excluding carboxylic acids is 1. The van der Waals surface area contributed by atoms with E-state index in [1.165, 1.54) is 6.08 Å². The van der Waals surface area contributed by atoms with Crippen LogP contribution in [0.3, 0.4) is 0 Å². The monoisotopic (exact) mass is 326 g/mol. The van der Waals surface area contributed by atoms with Crippen LogP contribution in [-0.4, -0.2) is 24.1 Å². The van der Waals surface area contributed by atoms with Crippen LogP contribution in [0.25, 0.3) is 6.08 Å². The minimum Gasteiger partial charge on any atom is -0.490 e. The Morgan fingerprint density at radius 2 is 2.08 bits per heavy atom. The third kappa shape index (κ3) is 5.43. The lowest BCUT2D eigenvalue weighted by molar-refractivity contribution is -0.111. The van der Waals surface area contributed by atoms with Gasteiger partial charge in [-0.25, -0.2) is 0 Å². The number of carbonyl (C=O) groups is 1. The summed E-state index contributed by atoms with van der Waals surface area (Å²) in [5, 5.41) is 2.75. The third-order valence-electron chi connectivity index (χ3n) is 3.09. The molecule has 0 aliphatic carbocycles. The molecule has 0 unspecified atom stereocenters. The van der Waals surface area contributed by atoms with Gasteiger partial charge in [-0.15, -0.1) is 0 Å². The average molecular weight is 326 g/mol. The SMILES string of the molecule is CCCOc1ccc(/C=C/C(=O)Nc2cccnc2)cc1OCC. The first-order valence-corrected chi connectivity index (χ1v) is 8.01. The highest BCUT2D eigenvalue weighted by Gasteiger charge is 2.05. The molecule has 1 aromatic carbocycles. The van der Waals surface area contributed by atoms with Crippen LogP contribution in [-0.2, 0) is 4.79 Å². The van der Waals surface area contributed by atoms with Crippen molar-refractivity contribution in [2.24, 2.45) is 0 Å². The number of amides is 1. The molecule has 5 nitrogen and oxygen atoms in total. The van der Waals surface area contributed by atoms with Gasteiger partial charge in [-0.3, -0.25) is 9.78 Å². The maximum Gasteiger partial charge on any atom is 0.248 e. The third-order valence-corrected chi connectivity index (χ3v) is 3.09. The number of hydrogen-bond donors (Lipinski definition) is 1. The highest BCUT2D eigenvalue weighted by atomic mass is 16.5. The van der Waals surface area contributed by atoms with Gasteiger partial charge in [-0.05, 0) is 49.2 Å². The van der Waals surface area contributed by atoms with Gasteiger partial charge in [0.15, 0.2) is 11.5 Å². The number of hydrogen-bond acceptors (Lipinski definition) is 4. The molecule has 0 saturated heterocycles. The van der Waals surface area contributed by atoms with E-state index in [4.69, 9.17) is 9.47 Å². The summed E-state index contributed by atoms with van der Waals surface area (Å²) in [4.78, 5) is 15.9. The second-order valence-corrected chi connectivity index (χ2v) is 5.05. The van der Waals surface area contributed by atoms with Crippen LogP contribution in [0.2, 0.25) is 0 Å². The predicted molar refractivity (Wildman–Crippen MR) is 95.3 cm³/mol. The summed E-state index contributed by atoms with van der Waals surface area (Å²) in [7, 11) is 0. The quantitative estimate of drug-likeness (QED) is 0.747. The molecule has 0 bridgehead atoms. The molecule has 0 atom stereocenters. The number of benzene rings is 1. The van der Waals surface area contributed by atoms with Gasteiger partial charge in [0, 0.05) is 12.3 Å². The van der Waals surface area contributed by atoms with Crippen LogP contribution in [0.15, 0.2) is 48.8 Å². The van der Waals surface area contributed by atoms with E-state index in [0.29, 0.717) is 24.7 Å². The summed E-state index contributed by atoms with van der Waals surface area (Å²) < 4.78 is 11.3. The van der Waals surface area contributed by atoms with Crippen LogP contribution < -0.4 is 14.8 Å². The lowest BCUT2D eigenvalue weighted by atomic mass is 10.2. The summed E-state index contributed by atoms with van der Waals surface area (Å²) >= 11 is 0.